The van der Waals surface area contributed by atoms with Crippen molar-refractivity contribution >= 4 is 22.6 Å². The van der Waals surface area contributed by atoms with Gasteiger partial charge in [0.05, 0.1) is 5.56 Å². The molecule has 2 unspecified atom stereocenters. The van der Waals surface area contributed by atoms with Crippen LogP contribution in [0.4, 0.5) is 10.3 Å². The summed E-state index contributed by atoms with van der Waals surface area (Å²) in [7, 11) is 1.98. The predicted octanol–water partition coefficient (Wildman–Crippen LogP) is 1.75. The van der Waals surface area contributed by atoms with Crippen molar-refractivity contribution in [1.82, 2.24) is 19.9 Å². The zero-order chi connectivity index (χ0) is 20.8. The van der Waals surface area contributed by atoms with Crippen molar-refractivity contribution in [3.8, 4) is 0 Å². The van der Waals surface area contributed by atoms with E-state index in [-0.39, 0.29) is 11.6 Å². The van der Waals surface area contributed by atoms with Gasteiger partial charge in [-0.1, -0.05) is 0 Å². The molecule has 156 valence electrons. The van der Waals surface area contributed by atoms with Crippen LogP contribution in [0.5, 0.6) is 0 Å². The fraction of sp³-hybridized carbons (Fsp3) is 0.409. The van der Waals surface area contributed by atoms with Gasteiger partial charge < -0.3 is 19.9 Å². The number of benzene rings is 1. The Hall–Kier alpha value is -2.84. The van der Waals surface area contributed by atoms with E-state index < -0.39 is 6.61 Å². The maximum absolute atomic E-state index is 13.6. The van der Waals surface area contributed by atoms with Crippen molar-refractivity contribution in [3.05, 3.63) is 53.7 Å². The molecule has 0 radical (unpaired) electrons. The molecule has 30 heavy (non-hydrogen) atoms. The van der Waals surface area contributed by atoms with E-state index in [1.54, 1.807) is 6.07 Å². The first-order chi connectivity index (χ1) is 14.5. The SMILES string of the molecule is Cn1cc(CNCC2C3CN(c4ncc(C(=O)CO)cn4)CC23)c2cc(F)ccc21. The summed E-state index contributed by atoms with van der Waals surface area (Å²) in [5, 5.41) is 13.4. The molecule has 1 aliphatic heterocycles. The number of carbonyl (C=O) groups is 1. The lowest BCUT2D eigenvalue weighted by Gasteiger charge is -2.19. The third-order valence-corrected chi connectivity index (χ3v) is 6.49. The molecule has 0 amide bonds. The molecule has 2 fully saturated rings. The van der Waals surface area contributed by atoms with Crippen LogP contribution in [0, 0.1) is 23.6 Å². The molecule has 0 spiro atoms. The van der Waals surface area contributed by atoms with Gasteiger partial charge in [0.1, 0.15) is 12.4 Å². The number of nitrogens with one attached hydrogen (secondary N) is 1. The van der Waals surface area contributed by atoms with E-state index in [9.17, 15) is 9.18 Å². The second kappa shape index (κ2) is 7.45. The Balaban J connectivity index is 1.14. The van der Waals surface area contributed by atoms with Gasteiger partial charge in [0.2, 0.25) is 5.95 Å². The van der Waals surface area contributed by atoms with Crippen LogP contribution >= 0.6 is 0 Å². The highest BCUT2D eigenvalue weighted by Crippen LogP contribution is 2.51. The van der Waals surface area contributed by atoms with Crippen LogP contribution in [0.1, 0.15) is 15.9 Å². The molecule has 1 aliphatic carbocycles. The Morgan fingerprint density at radius 1 is 1.27 bits per heavy atom. The van der Waals surface area contributed by atoms with Crippen molar-refractivity contribution in [2.24, 2.45) is 24.8 Å². The highest BCUT2D eigenvalue weighted by atomic mass is 19.1. The second-order valence-corrected chi connectivity index (χ2v) is 8.31. The standard InChI is InChI=1S/C22H24FN5O2/c1-27-9-14(16-4-15(23)2-3-20(16)27)5-24-8-17-18-10-28(11-19(17)18)22-25-6-13(7-26-22)21(30)12-29/h2-4,6-7,9,17-19,24,29H,5,8,10-12H2,1H3. The number of fused-ring (bicyclic) bond motifs is 2. The van der Waals surface area contributed by atoms with Gasteiger partial charge in [-0.15, -0.1) is 0 Å². The minimum atomic E-state index is -0.529. The summed E-state index contributed by atoms with van der Waals surface area (Å²) in [4.78, 5) is 22.2. The van der Waals surface area contributed by atoms with Crippen molar-refractivity contribution in [2.45, 2.75) is 6.54 Å². The van der Waals surface area contributed by atoms with Crippen LogP contribution in [0.15, 0.2) is 36.8 Å². The lowest BCUT2D eigenvalue weighted by atomic mass is 10.1. The highest BCUT2D eigenvalue weighted by molar-refractivity contribution is 5.96. The topological polar surface area (TPSA) is 83.3 Å². The number of aromatic nitrogens is 3. The zero-order valence-electron chi connectivity index (χ0n) is 16.8. The van der Waals surface area contributed by atoms with Gasteiger partial charge in [-0.3, -0.25) is 4.79 Å². The first-order valence-electron chi connectivity index (χ1n) is 10.2. The Morgan fingerprint density at radius 2 is 2.00 bits per heavy atom. The van der Waals surface area contributed by atoms with Crippen molar-refractivity contribution in [3.63, 3.8) is 0 Å². The van der Waals surface area contributed by atoms with Crippen LogP contribution in [0.25, 0.3) is 10.9 Å². The van der Waals surface area contributed by atoms with Crippen molar-refractivity contribution in [2.75, 3.05) is 31.1 Å². The fourth-order valence-electron chi connectivity index (χ4n) is 4.80. The van der Waals surface area contributed by atoms with E-state index in [4.69, 9.17) is 5.11 Å². The molecule has 8 heteroatoms. The largest absolute Gasteiger partial charge is 0.388 e. The predicted molar refractivity (Wildman–Crippen MR) is 111 cm³/mol. The van der Waals surface area contributed by atoms with E-state index in [2.05, 4.69) is 26.4 Å². The molecule has 7 nitrogen and oxygen atoms in total. The minimum absolute atomic E-state index is 0.206. The molecular weight excluding hydrogens is 385 g/mol. The molecule has 2 N–H and O–H groups in total. The molecule has 1 aromatic carbocycles. The Morgan fingerprint density at radius 3 is 2.70 bits per heavy atom. The number of nitrogens with zero attached hydrogens (tertiary/aromatic N) is 4. The summed E-state index contributed by atoms with van der Waals surface area (Å²) < 4.78 is 15.7. The average Bonchev–Trinajstić information content (AvgIpc) is 3.08. The van der Waals surface area contributed by atoms with Gasteiger partial charge in [0, 0.05) is 56.2 Å². The molecule has 2 atom stereocenters. The Labute approximate surface area is 173 Å². The Kier molecular flexibility index (Phi) is 4.75. The number of carbonyl (C=O) groups excluding carboxylic acids is 1. The summed E-state index contributed by atoms with van der Waals surface area (Å²) in [6.07, 6.45) is 5.03. The average molecular weight is 409 g/mol. The molecular formula is C22H24FN5O2. The van der Waals surface area contributed by atoms with Gasteiger partial charge in [-0.25, -0.2) is 14.4 Å². The number of piperidine rings is 1. The van der Waals surface area contributed by atoms with Gasteiger partial charge >= 0.3 is 0 Å². The smallest absolute Gasteiger partial charge is 0.225 e. The number of halogens is 1. The summed E-state index contributed by atoms with van der Waals surface area (Å²) >= 11 is 0. The maximum Gasteiger partial charge on any atom is 0.225 e. The first kappa shape index (κ1) is 19.1. The van der Waals surface area contributed by atoms with Crippen molar-refractivity contribution in [1.29, 1.82) is 0 Å². The number of Topliss-reactive ketones (excluding diaryl/α,β-unsaturated/α-hetero) is 1. The summed E-state index contributed by atoms with van der Waals surface area (Å²) in [6, 6.07) is 4.93. The monoisotopic (exact) mass is 409 g/mol. The lowest BCUT2D eigenvalue weighted by molar-refractivity contribution is 0.0903. The summed E-state index contributed by atoms with van der Waals surface area (Å²) in [5.74, 6) is 1.97. The van der Waals surface area contributed by atoms with E-state index in [0.717, 1.165) is 42.6 Å². The van der Waals surface area contributed by atoms with Crippen LogP contribution in [-0.4, -0.2) is 51.7 Å². The van der Waals surface area contributed by atoms with Crippen molar-refractivity contribution < 1.29 is 14.3 Å². The number of rotatable bonds is 7. The molecule has 0 bridgehead atoms. The normalized spacial score (nSPS) is 22.5. The van der Waals surface area contributed by atoms with Gasteiger partial charge in [-0.2, -0.15) is 0 Å². The minimum Gasteiger partial charge on any atom is -0.388 e. The van der Waals surface area contributed by atoms with Crippen LogP contribution < -0.4 is 10.2 Å². The van der Waals surface area contributed by atoms with Gasteiger partial charge in [0.25, 0.3) is 0 Å². The molecule has 2 aliphatic rings. The molecule has 2 aromatic heterocycles. The van der Waals surface area contributed by atoms with Crippen LogP contribution in [-0.2, 0) is 13.6 Å². The van der Waals surface area contributed by atoms with E-state index >= 15 is 0 Å². The number of hydrogen-bond acceptors (Lipinski definition) is 6. The molecule has 3 aromatic rings. The molecule has 1 saturated heterocycles. The Bertz CT molecular complexity index is 1080. The molecule has 1 saturated carbocycles. The zero-order valence-corrected chi connectivity index (χ0v) is 16.8. The maximum atomic E-state index is 13.6. The van der Waals surface area contributed by atoms with Crippen LogP contribution in [0.2, 0.25) is 0 Å². The fourth-order valence-corrected chi connectivity index (χ4v) is 4.80. The molecule has 3 heterocycles. The van der Waals surface area contributed by atoms with Gasteiger partial charge in [-0.05, 0) is 48.1 Å². The number of aliphatic hydroxyl groups excluding tert-OH is 1. The van der Waals surface area contributed by atoms with E-state index in [1.807, 2.05) is 17.7 Å². The van der Waals surface area contributed by atoms with Crippen LogP contribution in [0.3, 0.4) is 0 Å². The van der Waals surface area contributed by atoms with E-state index in [1.165, 1.54) is 18.5 Å². The summed E-state index contributed by atoms with van der Waals surface area (Å²) in [6.45, 7) is 2.98. The highest BCUT2D eigenvalue weighted by Gasteiger charge is 2.55. The number of ketones is 1. The quantitative estimate of drug-likeness (QED) is 0.579. The second-order valence-electron chi connectivity index (χ2n) is 8.31. The number of hydrogen-bond donors (Lipinski definition) is 2. The number of aliphatic hydroxyl groups is 1. The lowest BCUT2D eigenvalue weighted by Crippen LogP contribution is -2.29. The molecule has 5 rings (SSSR count). The third-order valence-electron chi connectivity index (χ3n) is 6.49. The first-order valence-corrected chi connectivity index (χ1v) is 10.2. The number of anilines is 1. The van der Waals surface area contributed by atoms with Gasteiger partial charge in [0.15, 0.2) is 5.78 Å². The van der Waals surface area contributed by atoms with E-state index in [0.29, 0.717) is 29.3 Å². The summed E-state index contributed by atoms with van der Waals surface area (Å²) in [5.41, 5.74) is 2.49. The number of aryl methyl sites for hydroxylation is 1. The third kappa shape index (κ3) is 3.36.